The van der Waals surface area contributed by atoms with Crippen LogP contribution < -0.4 is 0 Å². The van der Waals surface area contributed by atoms with Gasteiger partial charge in [-0.3, -0.25) is 0 Å². The second-order valence-corrected chi connectivity index (χ2v) is 3.98. The molecule has 0 radical (unpaired) electrons. The maximum atomic E-state index is 13.3. The van der Waals surface area contributed by atoms with Gasteiger partial charge in [0, 0.05) is 0 Å². The van der Waals surface area contributed by atoms with E-state index in [1.807, 2.05) is 0 Å². The predicted molar refractivity (Wildman–Crippen MR) is 41.6 cm³/mol. The van der Waals surface area contributed by atoms with E-state index in [0.29, 0.717) is 0 Å². The van der Waals surface area contributed by atoms with Gasteiger partial charge in [0.15, 0.2) is 0 Å². The van der Waals surface area contributed by atoms with E-state index < -0.39 is 36.3 Å². The first-order valence-electron chi connectivity index (χ1n) is 4.57. The molecule has 3 N–H and O–H groups in total. The van der Waals surface area contributed by atoms with E-state index in [-0.39, 0.29) is 12.8 Å². The second kappa shape index (κ2) is 3.51. The highest BCUT2D eigenvalue weighted by Gasteiger charge is 2.76. The largest absolute Gasteiger partial charge is 0.449 e. The summed E-state index contributed by atoms with van der Waals surface area (Å²) in [6.45, 7) is 0. The van der Waals surface area contributed by atoms with Crippen molar-refractivity contribution >= 4 is 0 Å². The Kier molecular flexibility index (Phi) is 2.98. The summed E-state index contributed by atoms with van der Waals surface area (Å²) in [5.41, 5.74) is -3.02. The lowest BCUT2D eigenvalue weighted by Crippen LogP contribution is -2.67. The van der Waals surface area contributed by atoms with Gasteiger partial charge in [-0.05, 0) is 12.8 Å². The molecule has 1 saturated carbocycles. The quantitative estimate of drug-likeness (QED) is 0.509. The van der Waals surface area contributed by atoms with E-state index in [0.717, 1.165) is 0 Å². The number of hydrogen-bond acceptors (Lipinski definition) is 3. The molecule has 16 heavy (non-hydrogen) atoms. The van der Waals surface area contributed by atoms with Crippen LogP contribution in [0.3, 0.4) is 0 Å². The van der Waals surface area contributed by atoms with Gasteiger partial charge in [-0.25, -0.2) is 0 Å². The number of halogens is 5. The van der Waals surface area contributed by atoms with E-state index in [9.17, 15) is 27.1 Å². The average molecular weight is 250 g/mol. The standard InChI is InChI=1S/C8H11F5O3/c9-6(10,5(14)3-1-2-4-5)7(15,16)8(11,12)13/h14-16H,1-4H2. The Labute approximate surface area is 87.5 Å². The van der Waals surface area contributed by atoms with E-state index in [4.69, 9.17) is 10.2 Å². The van der Waals surface area contributed by atoms with Crippen LogP contribution in [-0.4, -0.2) is 38.8 Å². The molecule has 0 aromatic carbocycles. The molecule has 96 valence electrons. The lowest BCUT2D eigenvalue weighted by molar-refractivity contribution is -0.441. The van der Waals surface area contributed by atoms with Crippen molar-refractivity contribution in [3.63, 3.8) is 0 Å². The van der Waals surface area contributed by atoms with Crippen LogP contribution in [0.4, 0.5) is 22.0 Å². The molecule has 1 rings (SSSR count). The summed E-state index contributed by atoms with van der Waals surface area (Å²) in [4.78, 5) is 0. The van der Waals surface area contributed by atoms with Gasteiger partial charge >= 0.3 is 17.9 Å². The van der Waals surface area contributed by atoms with E-state index in [2.05, 4.69) is 0 Å². The fourth-order valence-corrected chi connectivity index (χ4v) is 1.78. The molecule has 0 saturated heterocycles. The highest BCUT2D eigenvalue weighted by Crippen LogP contribution is 2.51. The highest BCUT2D eigenvalue weighted by molar-refractivity contribution is 5.05. The molecule has 0 atom stereocenters. The van der Waals surface area contributed by atoms with E-state index >= 15 is 0 Å². The van der Waals surface area contributed by atoms with Crippen LogP contribution >= 0.6 is 0 Å². The maximum Gasteiger partial charge on any atom is 0.449 e. The third kappa shape index (κ3) is 1.68. The molecule has 1 aliphatic rings. The summed E-state index contributed by atoms with van der Waals surface area (Å²) in [5, 5.41) is 26.4. The van der Waals surface area contributed by atoms with Crippen molar-refractivity contribution in [3.05, 3.63) is 0 Å². The van der Waals surface area contributed by atoms with Crippen LogP contribution in [0, 0.1) is 0 Å². The summed E-state index contributed by atoms with van der Waals surface area (Å²) in [5.74, 6) is -10.3. The summed E-state index contributed by atoms with van der Waals surface area (Å²) >= 11 is 0. The van der Waals surface area contributed by atoms with E-state index in [1.165, 1.54) is 0 Å². The minimum Gasteiger partial charge on any atom is -0.383 e. The minimum atomic E-state index is -5.94. The molecule has 0 heterocycles. The van der Waals surface area contributed by atoms with Gasteiger partial charge in [-0.1, -0.05) is 12.8 Å². The molecule has 3 nitrogen and oxygen atoms in total. The number of aliphatic hydroxyl groups is 3. The maximum absolute atomic E-state index is 13.3. The van der Waals surface area contributed by atoms with E-state index in [1.54, 1.807) is 0 Å². The highest BCUT2D eigenvalue weighted by atomic mass is 19.4. The molecule has 1 aliphatic carbocycles. The van der Waals surface area contributed by atoms with Crippen molar-refractivity contribution in [2.24, 2.45) is 0 Å². The van der Waals surface area contributed by atoms with Crippen molar-refractivity contribution in [2.75, 3.05) is 0 Å². The first-order valence-corrected chi connectivity index (χ1v) is 4.57. The molecule has 0 unspecified atom stereocenters. The molecular formula is C8H11F5O3. The van der Waals surface area contributed by atoms with Crippen molar-refractivity contribution in [1.82, 2.24) is 0 Å². The van der Waals surface area contributed by atoms with Crippen LogP contribution in [0.15, 0.2) is 0 Å². The molecule has 1 fully saturated rings. The summed E-state index contributed by atoms with van der Waals surface area (Å²) < 4.78 is 62.8. The monoisotopic (exact) mass is 250 g/mol. The Hall–Kier alpha value is -0.470. The van der Waals surface area contributed by atoms with Crippen molar-refractivity contribution in [1.29, 1.82) is 0 Å². The number of hydrogen-bond donors (Lipinski definition) is 3. The first kappa shape index (κ1) is 13.6. The molecule has 0 amide bonds. The third-order valence-corrected chi connectivity index (χ3v) is 2.85. The zero-order chi connectivity index (χ0) is 12.8. The lowest BCUT2D eigenvalue weighted by Gasteiger charge is -2.40. The first-order chi connectivity index (χ1) is 6.96. The Bertz CT molecular complexity index is 267. The Morgan fingerprint density at radius 1 is 0.875 bits per heavy atom. The topological polar surface area (TPSA) is 60.7 Å². The van der Waals surface area contributed by atoms with Crippen molar-refractivity contribution in [2.45, 2.75) is 49.2 Å². The summed E-state index contributed by atoms with van der Waals surface area (Å²) in [6.07, 6.45) is -6.91. The van der Waals surface area contributed by atoms with Gasteiger partial charge in [0.1, 0.15) is 5.60 Å². The van der Waals surface area contributed by atoms with Crippen molar-refractivity contribution < 1.29 is 37.3 Å². The number of rotatable bonds is 2. The Balaban J connectivity index is 3.10. The van der Waals surface area contributed by atoms with Crippen LogP contribution in [0.2, 0.25) is 0 Å². The SMILES string of the molecule is OC1(C(F)(F)C(O)(O)C(F)(F)F)CCCC1. The second-order valence-electron chi connectivity index (χ2n) is 3.98. The summed E-state index contributed by atoms with van der Waals surface area (Å²) in [7, 11) is 0. The van der Waals surface area contributed by atoms with Crippen LogP contribution in [0.1, 0.15) is 25.7 Å². The minimum absolute atomic E-state index is 0.111. The fourth-order valence-electron chi connectivity index (χ4n) is 1.78. The van der Waals surface area contributed by atoms with Gasteiger partial charge in [-0.15, -0.1) is 0 Å². The lowest BCUT2D eigenvalue weighted by atomic mass is 9.87. The molecule has 0 aromatic heterocycles. The van der Waals surface area contributed by atoms with Crippen molar-refractivity contribution in [3.8, 4) is 0 Å². The van der Waals surface area contributed by atoms with Gasteiger partial charge in [0.25, 0.3) is 0 Å². The average Bonchev–Trinajstić information content (AvgIpc) is 2.51. The van der Waals surface area contributed by atoms with Gasteiger partial charge in [0.2, 0.25) is 0 Å². The van der Waals surface area contributed by atoms with Crippen LogP contribution in [0.25, 0.3) is 0 Å². The molecule has 8 heteroatoms. The number of alkyl halides is 5. The summed E-state index contributed by atoms with van der Waals surface area (Å²) in [6, 6.07) is 0. The Morgan fingerprint density at radius 2 is 1.25 bits per heavy atom. The van der Waals surface area contributed by atoms with Crippen LogP contribution in [-0.2, 0) is 0 Å². The zero-order valence-corrected chi connectivity index (χ0v) is 8.06. The molecule has 0 bridgehead atoms. The molecule has 0 aliphatic heterocycles. The predicted octanol–water partition coefficient (Wildman–Crippen LogP) is 1.17. The van der Waals surface area contributed by atoms with Gasteiger partial charge in [-0.2, -0.15) is 22.0 Å². The van der Waals surface area contributed by atoms with Gasteiger partial charge < -0.3 is 15.3 Å². The smallest absolute Gasteiger partial charge is 0.383 e. The molecular weight excluding hydrogens is 239 g/mol. The van der Waals surface area contributed by atoms with Crippen LogP contribution in [0.5, 0.6) is 0 Å². The zero-order valence-electron chi connectivity index (χ0n) is 8.06. The molecule has 0 spiro atoms. The Morgan fingerprint density at radius 3 is 1.56 bits per heavy atom. The van der Waals surface area contributed by atoms with Gasteiger partial charge in [0.05, 0.1) is 0 Å². The third-order valence-electron chi connectivity index (χ3n) is 2.85. The fraction of sp³-hybridized carbons (Fsp3) is 1.00. The molecule has 0 aromatic rings. The normalized spacial score (nSPS) is 22.5.